The first kappa shape index (κ1) is 12.3. The smallest absolute Gasteiger partial charge is 0.315 e. The molecule has 96 valence electrons. The molecule has 7 heteroatoms. The van der Waals surface area contributed by atoms with E-state index >= 15 is 0 Å². The Balaban J connectivity index is 1.81. The van der Waals surface area contributed by atoms with E-state index in [1.165, 1.54) is 0 Å². The molecule has 0 saturated carbocycles. The van der Waals surface area contributed by atoms with Crippen LogP contribution in [-0.4, -0.2) is 44.4 Å². The topological polar surface area (TPSA) is 95.5 Å². The number of nitrogens with one attached hydrogen (secondary N) is 2. The Bertz CT molecular complexity index is 360. The van der Waals surface area contributed by atoms with Crippen LogP contribution in [0.3, 0.4) is 0 Å². The molecule has 0 aromatic rings. The van der Waals surface area contributed by atoms with E-state index in [1.807, 2.05) is 0 Å². The van der Waals surface area contributed by atoms with Crippen molar-refractivity contribution in [3.63, 3.8) is 0 Å². The second-order valence-electron chi connectivity index (χ2n) is 4.48. The van der Waals surface area contributed by atoms with Crippen molar-refractivity contribution in [3.8, 4) is 0 Å². The monoisotopic (exact) mass is 265 g/mol. The van der Waals surface area contributed by atoms with Crippen LogP contribution in [0.25, 0.3) is 0 Å². The van der Waals surface area contributed by atoms with Crippen LogP contribution in [0, 0.1) is 0 Å². The quantitative estimate of drug-likeness (QED) is 0.365. The van der Waals surface area contributed by atoms with Crippen molar-refractivity contribution < 1.29 is 18.9 Å². The summed E-state index contributed by atoms with van der Waals surface area (Å²) >= 11 is 0. The first-order valence-electron chi connectivity index (χ1n) is 5.74. The summed E-state index contributed by atoms with van der Waals surface area (Å²) < 4.78 is 11.8. The molecule has 0 bridgehead atoms. The van der Waals surface area contributed by atoms with Gasteiger partial charge in [0.05, 0.1) is 17.3 Å². The lowest BCUT2D eigenvalue weighted by molar-refractivity contribution is -0.137. The summed E-state index contributed by atoms with van der Waals surface area (Å²) in [5.74, 6) is -0.293. The van der Waals surface area contributed by atoms with Crippen molar-refractivity contribution in [3.05, 3.63) is 0 Å². The van der Waals surface area contributed by atoms with E-state index in [9.17, 15) is 13.8 Å². The Hall–Kier alpha value is -1.11. The number of aliphatic carboxylic acids is 1. The lowest BCUT2D eigenvalue weighted by Crippen LogP contribution is -2.38. The van der Waals surface area contributed by atoms with Crippen molar-refractivity contribution in [2.45, 2.75) is 43.0 Å². The standard InChI is InChI=1S/C10H16N2O4S/c13-8(14)4-2-1-3-7-9-6(5-17(7)16)11-10(15)12-9/h6-7,9H,1-5H2,(H,13,14)(H2,11,12,15)/t6-,7-,9-,17?/m0/s1/i1+1,2+1,3+1,4+1,8+1. The summed E-state index contributed by atoms with van der Waals surface area (Å²) in [6.45, 7) is 0. The molecular formula is C10H16N2O4S. The van der Waals surface area contributed by atoms with Crippen LogP contribution in [0.4, 0.5) is 4.79 Å². The normalized spacial score (nSPS) is 35.2. The van der Waals surface area contributed by atoms with E-state index in [-0.39, 0.29) is 29.8 Å². The van der Waals surface area contributed by atoms with Gasteiger partial charge in [-0.2, -0.15) is 0 Å². The fraction of sp³-hybridized carbons (Fsp3) is 0.800. The number of hydrogen-bond donors (Lipinski definition) is 3. The first-order chi connectivity index (χ1) is 8.08. The number of carbonyl (C=O) groups excluding carboxylic acids is 1. The van der Waals surface area contributed by atoms with Gasteiger partial charge in [-0.1, -0.05) is 6.42 Å². The van der Waals surface area contributed by atoms with Crippen LogP contribution in [0.2, 0.25) is 0 Å². The SMILES string of the molecule is O=C1N[C@H]2[C@H](CS(=O)[C@H]2[13CH2][13CH2][13CH2][13CH2][13C](=O)O)N1. The molecular weight excluding hydrogens is 249 g/mol. The summed E-state index contributed by atoms with van der Waals surface area (Å²) in [7, 11) is -0.923. The summed E-state index contributed by atoms with van der Waals surface area (Å²) in [5.41, 5.74) is 0. The van der Waals surface area contributed by atoms with Crippen molar-refractivity contribution >= 4 is 22.8 Å². The average Bonchev–Trinajstić information content (AvgIpc) is 2.69. The Kier molecular flexibility index (Phi) is 3.66. The van der Waals surface area contributed by atoms with Gasteiger partial charge in [0.2, 0.25) is 0 Å². The number of hydrogen-bond acceptors (Lipinski definition) is 3. The summed E-state index contributed by atoms with van der Waals surface area (Å²) in [6.07, 6.45) is 2.20. The molecule has 2 saturated heterocycles. The number of amides is 2. The van der Waals surface area contributed by atoms with Crippen LogP contribution in [0.5, 0.6) is 0 Å². The molecule has 3 N–H and O–H groups in total. The fourth-order valence-electron chi connectivity index (χ4n) is 2.45. The van der Waals surface area contributed by atoms with Crippen LogP contribution >= 0.6 is 0 Å². The minimum absolute atomic E-state index is 0.0205. The zero-order valence-electron chi connectivity index (χ0n) is 9.35. The first-order valence-corrected chi connectivity index (χ1v) is 7.12. The second-order valence-corrected chi connectivity index (χ2v) is 6.18. The maximum atomic E-state index is 11.8. The Labute approximate surface area is 102 Å². The predicted octanol–water partition coefficient (Wildman–Crippen LogP) is -0.188. The molecule has 0 aromatic carbocycles. The molecule has 0 aliphatic carbocycles. The van der Waals surface area contributed by atoms with Gasteiger partial charge in [0.15, 0.2) is 0 Å². The van der Waals surface area contributed by atoms with E-state index in [0.717, 1.165) is 6.42 Å². The zero-order chi connectivity index (χ0) is 12.4. The van der Waals surface area contributed by atoms with Gasteiger partial charge < -0.3 is 15.7 Å². The Morgan fingerprint density at radius 3 is 2.88 bits per heavy atom. The highest BCUT2D eigenvalue weighted by atomic mass is 32.2. The zero-order valence-corrected chi connectivity index (χ0v) is 10.2. The maximum absolute atomic E-state index is 11.8. The van der Waals surface area contributed by atoms with E-state index in [1.54, 1.807) is 0 Å². The molecule has 2 aliphatic rings. The number of carbonyl (C=O) groups is 2. The average molecular weight is 265 g/mol. The third-order valence-corrected chi connectivity index (χ3v) is 5.15. The van der Waals surface area contributed by atoms with Crippen LogP contribution in [0.15, 0.2) is 0 Å². The van der Waals surface area contributed by atoms with Crippen molar-refractivity contribution in [2.24, 2.45) is 0 Å². The van der Waals surface area contributed by atoms with E-state index in [2.05, 4.69) is 10.6 Å². The highest BCUT2D eigenvalue weighted by Gasteiger charge is 2.46. The molecule has 1 unspecified atom stereocenters. The van der Waals surface area contributed by atoms with Crippen LogP contribution in [0.1, 0.15) is 25.7 Å². The molecule has 2 rings (SSSR count). The van der Waals surface area contributed by atoms with Gasteiger partial charge in [0, 0.05) is 23.0 Å². The minimum atomic E-state index is -0.923. The second kappa shape index (κ2) is 5.03. The number of urea groups is 1. The largest absolute Gasteiger partial charge is 0.481 e. The van der Waals surface area contributed by atoms with E-state index < -0.39 is 16.8 Å². The Morgan fingerprint density at radius 1 is 1.41 bits per heavy atom. The molecule has 2 heterocycles. The number of unbranched alkanes of at least 4 members (excludes halogenated alkanes) is 1. The van der Waals surface area contributed by atoms with Crippen molar-refractivity contribution in [2.75, 3.05) is 5.75 Å². The van der Waals surface area contributed by atoms with Crippen LogP contribution < -0.4 is 10.6 Å². The number of rotatable bonds is 5. The highest BCUT2D eigenvalue weighted by Crippen LogP contribution is 2.25. The number of carboxylic acids is 1. The van der Waals surface area contributed by atoms with E-state index in [0.29, 0.717) is 18.6 Å². The van der Waals surface area contributed by atoms with Gasteiger partial charge in [-0.05, 0) is 12.8 Å². The lowest BCUT2D eigenvalue weighted by atomic mass is 10.1. The van der Waals surface area contributed by atoms with Gasteiger partial charge in [0.25, 0.3) is 0 Å². The van der Waals surface area contributed by atoms with Gasteiger partial charge in [-0.15, -0.1) is 0 Å². The molecule has 4 atom stereocenters. The van der Waals surface area contributed by atoms with Gasteiger partial charge in [-0.3, -0.25) is 9.00 Å². The molecule has 6 nitrogen and oxygen atoms in total. The van der Waals surface area contributed by atoms with Gasteiger partial charge >= 0.3 is 12.0 Å². The number of fused-ring (bicyclic) bond motifs is 1. The van der Waals surface area contributed by atoms with Crippen molar-refractivity contribution in [1.29, 1.82) is 0 Å². The third-order valence-electron chi connectivity index (χ3n) is 3.26. The molecule has 17 heavy (non-hydrogen) atoms. The predicted molar refractivity (Wildman–Crippen MR) is 62.1 cm³/mol. The molecule has 2 aliphatic heterocycles. The molecule has 2 amide bonds. The fourth-order valence-corrected chi connectivity index (χ4v) is 4.35. The van der Waals surface area contributed by atoms with E-state index in [4.69, 9.17) is 5.11 Å². The summed E-state index contributed by atoms with van der Waals surface area (Å²) in [5, 5.41) is 14.0. The van der Waals surface area contributed by atoms with Crippen LogP contribution in [-0.2, 0) is 15.6 Å². The van der Waals surface area contributed by atoms with Gasteiger partial charge in [-0.25, -0.2) is 4.79 Å². The lowest BCUT2D eigenvalue weighted by Gasteiger charge is -2.15. The summed E-state index contributed by atoms with van der Waals surface area (Å²) in [4.78, 5) is 21.5. The minimum Gasteiger partial charge on any atom is -0.481 e. The molecule has 0 radical (unpaired) electrons. The molecule has 0 aromatic heterocycles. The number of carboxylic acid groups (broad SMARTS) is 1. The summed E-state index contributed by atoms with van der Waals surface area (Å²) in [6, 6.07) is -0.256. The molecule has 0 spiro atoms. The van der Waals surface area contributed by atoms with Crippen molar-refractivity contribution in [1.82, 2.24) is 10.6 Å². The molecule has 2 fully saturated rings. The highest BCUT2D eigenvalue weighted by molar-refractivity contribution is 7.86. The Morgan fingerprint density at radius 2 is 2.18 bits per heavy atom. The van der Waals surface area contributed by atoms with Gasteiger partial charge in [0.1, 0.15) is 0 Å². The third kappa shape index (κ3) is 2.77. The maximum Gasteiger partial charge on any atom is 0.315 e.